The molecule has 0 radical (unpaired) electrons. The van der Waals surface area contributed by atoms with E-state index in [0.717, 1.165) is 40.4 Å². The van der Waals surface area contributed by atoms with E-state index in [1.165, 1.54) is 26.2 Å². The second kappa shape index (κ2) is 8.11. The van der Waals surface area contributed by atoms with Crippen molar-refractivity contribution in [2.75, 3.05) is 33.7 Å². The number of amides is 1. The lowest BCUT2D eigenvalue weighted by Gasteiger charge is -2.31. The monoisotopic (exact) mass is 465 g/mol. The van der Waals surface area contributed by atoms with E-state index < -0.39 is 10.0 Å². The zero-order chi connectivity index (χ0) is 17.9. The number of halogens is 1. The molecule has 1 aliphatic heterocycles. The molecule has 8 heteroatoms. The van der Waals surface area contributed by atoms with Crippen LogP contribution in [-0.4, -0.2) is 63.3 Å². The predicted molar refractivity (Wildman–Crippen MR) is 103 cm³/mol. The largest absolute Gasteiger partial charge is 0.349 e. The first kappa shape index (κ1) is 19.6. The molecule has 0 saturated carbocycles. The summed E-state index contributed by atoms with van der Waals surface area (Å²) in [4.78, 5) is 15.1. The summed E-state index contributed by atoms with van der Waals surface area (Å²) in [6.07, 6.45) is 1.84. The van der Waals surface area contributed by atoms with Gasteiger partial charge in [-0.15, -0.1) is 0 Å². The maximum atomic E-state index is 12.6. The van der Waals surface area contributed by atoms with E-state index in [2.05, 4.69) is 39.7 Å². The first-order chi connectivity index (χ1) is 11.3. The summed E-state index contributed by atoms with van der Waals surface area (Å²) in [5, 5.41) is 3.05. The number of piperidine rings is 1. The number of carbonyl (C=O) groups is 1. The van der Waals surface area contributed by atoms with Crippen LogP contribution in [0.25, 0.3) is 0 Å². The topological polar surface area (TPSA) is 69.7 Å². The minimum absolute atomic E-state index is 0.138. The quantitative estimate of drug-likeness (QED) is 0.674. The van der Waals surface area contributed by atoms with Gasteiger partial charge in [0.15, 0.2) is 0 Å². The fraction of sp³-hybridized carbons (Fsp3) is 0.562. The van der Waals surface area contributed by atoms with Crippen LogP contribution < -0.4 is 5.32 Å². The van der Waals surface area contributed by atoms with Crippen LogP contribution in [0.4, 0.5) is 0 Å². The van der Waals surface area contributed by atoms with Crippen molar-refractivity contribution in [3.8, 4) is 0 Å². The van der Waals surface area contributed by atoms with E-state index >= 15 is 0 Å². The third-order valence-corrected chi connectivity index (χ3v) is 7.08. The Kier molecular flexibility index (Phi) is 6.63. The van der Waals surface area contributed by atoms with Gasteiger partial charge in [0.2, 0.25) is 10.0 Å². The number of carbonyl (C=O) groups excluding carboxylic acids is 1. The van der Waals surface area contributed by atoms with Gasteiger partial charge < -0.3 is 10.2 Å². The normalized spacial score (nSPS) is 17.2. The Balaban J connectivity index is 2.15. The molecule has 0 aliphatic carbocycles. The van der Waals surface area contributed by atoms with Gasteiger partial charge in [-0.1, -0.05) is 6.92 Å². The predicted octanol–water partition coefficient (Wildman–Crippen LogP) is 1.76. The molecule has 1 heterocycles. The number of hydrogen-bond acceptors (Lipinski definition) is 4. The first-order valence-corrected chi connectivity index (χ1v) is 10.5. The summed E-state index contributed by atoms with van der Waals surface area (Å²) in [6.45, 7) is 5.13. The number of benzene rings is 1. The fourth-order valence-corrected chi connectivity index (χ4v) is 4.22. The van der Waals surface area contributed by atoms with Crippen molar-refractivity contribution >= 4 is 38.5 Å². The Bertz CT molecular complexity index is 699. The van der Waals surface area contributed by atoms with Gasteiger partial charge in [0.05, 0.1) is 10.5 Å². The summed E-state index contributed by atoms with van der Waals surface area (Å²) in [5.74, 6) is -0.204. The molecule has 0 spiro atoms. The zero-order valence-electron chi connectivity index (χ0n) is 14.3. The van der Waals surface area contributed by atoms with Gasteiger partial charge in [-0.05, 0) is 60.2 Å². The lowest BCUT2D eigenvalue weighted by Crippen LogP contribution is -2.44. The second-order valence-electron chi connectivity index (χ2n) is 6.11. The number of nitrogens with one attached hydrogen (secondary N) is 1. The number of hydrogen-bond donors (Lipinski definition) is 1. The highest BCUT2D eigenvalue weighted by Gasteiger charge is 2.23. The molecule has 134 valence electrons. The molecule has 6 nitrogen and oxygen atoms in total. The molecule has 0 unspecified atom stereocenters. The van der Waals surface area contributed by atoms with E-state index in [-0.39, 0.29) is 16.8 Å². The SMILES string of the molecule is CCN1CCC(NC(=O)c2cc(S(=O)(=O)N(C)C)ccc2I)CC1. The number of sulfonamides is 1. The van der Waals surface area contributed by atoms with Crippen molar-refractivity contribution in [2.24, 2.45) is 0 Å². The van der Waals surface area contributed by atoms with E-state index in [1.54, 1.807) is 6.07 Å². The number of rotatable bonds is 5. The second-order valence-corrected chi connectivity index (χ2v) is 9.43. The van der Waals surface area contributed by atoms with Crippen LogP contribution in [0.2, 0.25) is 0 Å². The summed E-state index contributed by atoms with van der Waals surface area (Å²) in [7, 11) is -0.589. The Morgan fingerprint density at radius 2 is 1.96 bits per heavy atom. The van der Waals surface area contributed by atoms with Crippen LogP contribution in [0.1, 0.15) is 30.1 Å². The summed E-state index contributed by atoms with van der Waals surface area (Å²) < 4.78 is 26.4. The van der Waals surface area contributed by atoms with Gasteiger partial charge >= 0.3 is 0 Å². The molecule has 2 rings (SSSR count). The molecular weight excluding hydrogens is 441 g/mol. The smallest absolute Gasteiger partial charge is 0.252 e. The average Bonchev–Trinajstić information content (AvgIpc) is 2.55. The number of likely N-dealkylation sites (tertiary alicyclic amines) is 1. The Morgan fingerprint density at radius 3 is 2.50 bits per heavy atom. The van der Waals surface area contributed by atoms with Crippen LogP contribution in [0, 0.1) is 3.57 Å². The standard InChI is InChI=1S/C16H24IN3O3S/c1-4-20-9-7-12(8-10-20)18-16(21)14-11-13(5-6-15(14)17)24(22,23)19(2)3/h5-6,11-12H,4,7-10H2,1-3H3,(H,18,21). The van der Waals surface area contributed by atoms with Gasteiger partial charge in [-0.2, -0.15) is 0 Å². The lowest BCUT2D eigenvalue weighted by atomic mass is 10.0. The lowest BCUT2D eigenvalue weighted by molar-refractivity contribution is 0.0911. The summed E-state index contributed by atoms with van der Waals surface area (Å²) >= 11 is 2.06. The molecule has 1 amide bonds. The molecular formula is C16H24IN3O3S. The molecule has 0 atom stereocenters. The molecule has 0 bridgehead atoms. The maximum Gasteiger partial charge on any atom is 0.252 e. The fourth-order valence-electron chi connectivity index (χ4n) is 2.71. The van der Waals surface area contributed by atoms with Gasteiger partial charge in [0.25, 0.3) is 5.91 Å². The van der Waals surface area contributed by atoms with E-state index in [9.17, 15) is 13.2 Å². The maximum absolute atomic E-state index is 12.6. The van der Waals surface area contributed by atoms with Gasteiger partial charge in [-0.25, -0.2) is 12.7 Å². The first-order valence-electron chi connectivity index (χ1n) is 8.01. The molecule has 1 aromatic carbocycles. The van der Waals surface area contributed by atoms with Crippen molar-refractivity contribution in [2.45, 2.75) is 30.7 Å². The molecule has 1 aliphatic rings. The summed E-state index contributed by atoms with van der Waals surface area (Å²) in [5.41, 5.74) is 0.413. The highest BCUT2D eigenvalue weighted by Crippen LogP contribution is 2.20. The molecule has 1 aromatic rings. The van der Waals surface area contributed by atoms with Gasteiger partial charge in [0, 0.05) is 36.8 Å². The van der Waals surface area contributed by atoms with Gasteiger partial charge in [-0.3, -0.25) is 4.79 Å². The minimum atomic E-state index is -3.55. The molecule has 1 fully saturated rings. The zero-order valence-corrected chi connectivity index (χ0v) is 17.2. The van der Waals surface area contributed by atoms with Crippen molar-refractivity contribution in [3.63, 3.8) is 0 Å². The van der Waals surface area contributed by atoms with Crippen LogP contribution >= 0.6 is 22.6 Å². The van der Waals surface area contributed by atoms with Crippen molar-refractivity contribution < 1.29 is 13.2 Å². The Hall–Kier alpha value is -0.710. The highest BCUT2D eigenvalue weighted by molar-refractivity contribution is 14.1. The molecule has 24 heavy (non-hydrogen) atoms. The van der Waals surface area contributed by atoms with Crippen molar-refractivity contribution in [1.82, 2.24) is 14.5 Å². The van der Waals surface area contributed by atoms with E-state index in [0.29, 0.717) is 5.56 Å². The van der Waals surface area contributed by atoms with Crippen molar-refractivity contribution in [3.05, 3.63) is 27.3 Å². The molecule has 1 N–H and O–H groups in total. The third kappa shape index (κ3) is 4.47. The van der Waals surface area contributed by atoms with Gasteiger partial charge in [0.1, 0.15) is 0 Å². The van der Waals surface area contributed by atoms with Crippen LogP contribution in [-0.2, 0) is 10.0 Å². The molecule has 1 saturated heterocycles. The van der Waals surface area contributed by atoms with Crippen LogP contribution in [0.5, 0.6) is 0 Å². The molecule has 0 aromatic heterocycles. The Morgan fingerprint density at radius 1 is 1.33 bits per heavy atom. The Labute approximate surface area is 157 Å². The summed E-state index contributed by atoms with van der Waals surface area (Å²) in [6, 6.07) is 4.82. The minimum Gasteiger partial charge on any atom is -0.349 e. The van der Waals surface area contributed by atoms with Crippen LogP contribution in [0.15, 0.2) is 23.1 Å². The van der Waals surface area contributed by atoms with E-state index in [4.69, 9.17) is 0 Å². The van der Waals surface area contributed by atoms with Crippen molar-refractivity contribution in [1.29, 1.82) is 0 Å². The highest BCUT2D eigenvalue weighted by atomic mass is 127. The van der Waals surface area contributed by atoms with E-state index in [1.807, 2.05) is 0 Å². The third-order valence-electron chi connectivity index (χ3n) is 4.33. The average molecular weight is 465 g/mol. The number of nitrogens with zero attached hydrogens (tertiary/aromatic N) is 2. The van der Waals surface area contributed by atoms with Crippen LogP contribution in [0.3, 0.4) is 0 Å².